The summed E-state index contributed by atoms with van der Waals surface area (Å²) in [4.78, 5) is 15.6. The third-order valence-electron chi connectivity index (χ3n) is 2.64. The van der Waals surface area contributed by atoms with Crippen molar-refractivity contribution in [3.8, 4) is 0 Å². The third kappa shape index (κ3) is 2.91. The highest BCUT2D eigenvalue weighted by atomic mass is 79.9. The molecule has 0 radical (unpaired) electrons. The van der Waals surface area contributed by atoms with Gasteiger partial charge in [0.15, 0.2) is 0 Å². The van der Waals surface area contributed by atoms with Crippen LogP contribution in [-0.4, -0.2) is 32.8 Å². The molecule has 1 heterocycles. The van der Waals surface area contributed by atoms with E-state index in [1.54, 1.807) is 0 Å². The molecule has 1 aliphatic heterocycles. The van der Waals surface area contributed by atoms with Crippen molar-refractivity contribution < 1.29 is 9.53 Å². The van der Waals surface area contributed by atoms with Crippen molar-refractivity contribution in [2.45, 2.75) is 6.92 Å². The number of anilines is 2. The molecule has 0 aromatic heterocycles. The number of carbonyl (C=O) groups excluding carboxylic acids is 1. The van der Waals surface area contributed by atoms with E-state index in [9.17, 15) is 4.79 Å². The molecule has 1 aromatic rings. The van der Waals surface area contributed by atoms with E-state index >= 15 is 0 Å². The van der Waals surface area contributed by atoms with Crippen LogP contribution in [0.25, 0.3) is 0 Å². The maximum absolute atomic E-state index is 11.4. The van der Waals surface area contributed by atoms with Crippen LogP contribution in [0.4, 0.5) is 11.4 Å². The summed E-state index contributed by atoms with van der Waals surface area (Å²) in [5.74, 6) is -0.174. The lowest BCUT2D eigenvalue weighted by Gasteiger charge is -2.17. The van der Waals surface area contributed by atoms with Crippen LogP contribution in [-0.2, 0) is 9.53 Å². The number of ether oxygens (including phenoxy) is 1. The number of halogens is 1. The Bertz CT molecular complexity index is 398. The fourth-order valence-corrected chi connectivity index (χ4v) is 1.96. The lowest BCUT2D eigenvalue weighted by atomic mass is 10.2. The fourth-order valence-electron chi connectivity index (χ4n) is 1.96. The van der Waals surface area contributed by atoms with Gasteiger partial charge in [-0.15, -0.1) is 17.0 Å². The first-order valence-electron chi connectivity index (χ1n) is 5.43. The van der Waals surface area contributed by atoms with Gasteiger partial charge >= 0.3 is 5.97 Å². The van der Waals surface area contributed by atoms with Crippen molar-refractivity contribution in [2.24, 2.45) is 0 Å². The van der Waals surface area contributed by atoms with Crippen LogP contribution in [0.5, 0.6) is 0 Å². The first kappa shape index (κ1) is 13.8. The van der Waals surface area contributed by atoms with Crippen molar-refractivity contribution in [1.29, 1.82) is 0 Å². The second kappa shape index (κ2) is 5.91. The van der Waals surface area contributed by atoms with E-state index in [4.69, 9.17) is 4.74 Å². The molecule has 0 unspecified atom stereocenters. The minimum Gasteiger partial charge on any atom is -0.465 e. The number of hydrogen-bond donors (Lipinski definition) is 0. The Morgan fingerprint density at radius 3 is 2.65 bits per heavy atom. The maximum Gasteiger partial charge on any atom is 0.325 e. The van der Waals surface area contributed by atoms with Gasteiger partial charge in [0.2, 0.25) is 0 Å². The van der Waals surface area contributed by atoms with Crippen LogP contribution in [0.15, 0.2) is 24.3 Å². The first-order valence-corrected chi connectivity index (χ1v) is 5.43. The number of nitrogens with zero attached hydrogens (tertiary/aromatic N) is 2. The van der Waals surface area contributed by atoms with Crippen LogP contribution < -0.4 is 9.80 Å². The van der Waals surface area contributed by atoms with E-state index in [1.165, 1.54) is 0 Å². The number of esters is 1. The zero-order valence-corrected chi connectivity index (χ0v) is 11.8. The van der Waals surface area contributed by atoms with Gasteiger partial charge in [-0.2, -0.15) is 0 Å². The monoisotopic (exact) mass is 300 g/mol. The van der Waals surface area contributed by atoms with Crippen molar-refractivity contribution >= 4 is 34.3 Å². The lowest BCUT2D eigenvalue weighted by Crippen LogP contribution is -2.33. The molecule has 2 rings (SSSR count). The molecule has 5 heteroatoms. The minimum atomic E-state index is -0.174. The minimum absolute atomic E-state index is 0. The smallest absolute Gasteiger partial charge is 0.325 e. The molecule has 0 fully saturated rings. The summed E-state index contributed by atoms with van der Waals surface area (Å²) in [6.45, 7) is 3.31. The third-order valence-corrected chi connectivity index (χ3v) is 2.64. The lowest BCUT2D eigenvalue weighted by molar-refractivity contribution is -0.141. The molecule has 4 nitrogen and oxygen atoms in total. The Balaban J connectivity index is 0.00000144. The molecule has 0 saturated heterocycles. The first-order chi connectivity index (χ1) is 7.72. The van der Waals surface area contributed by atoms with E-state index < -0.39 is 0 Å². The van der Waals surface area contributed by atoms with Gasteiger partial charge in [0.1, 0.15) is 6.54 Å². The van der Waals surface area contributed by atoms with Gasteiger partial charge < -0.3 is 14.5 Å². The standard InChI is InChI=1S/C12H16N2O2.BrH/c1-3-16-12(15)8-14-9-13(2)10-6-4-5-7-11(10)14;/h4-7H,3,8-9H2,1-2H3;1H. The molecule has 0 aliphatic carbocycles. The van der Waals surface area contributed by atoms with Crippen LogP contribution in [0, 0.1) is 0 Å². The summed E-state index contributed by atoms with van der Waals surface area (Å²) in [5, 5.41) is 0. The highest BCUT2D eigenvalue weighted by Crippen LogP contribution is 2.33. The number of benzene rings is 1. The van der Waals surface area contributed by atoms with Gasteiger partial charge in [-0.25, -0.2) is 0 Å². The number of para-hydroxylation sites is 2. The fraction of sp³-hybridized carbons (Fsp3) is 0.417. The highest BCUT2D eigenvalue weighted by molar-refractivity contribution is 8.93. The summed E-state index contributed by atoms with van der Waals surface area (Å²) < 4.78 is 4.95. The van der Waals surface area contributed by atoms with Gasteiger partial charge in [-0.1, -0.05) is 12.1 Å². The summed E-state index contributed by atoms with van der Waals surface area (Å²) in [6.07, 6.45) is 0. The number of fused-ring (bicyclic) bond motifs is 1. The number of rotatable bonds is 3. The van der Waals surface area contributed by atoms with E-state index in [-0.39, 0.29) is 23.0 Å². The van der Waals surface area contributed by atoms with Gasteiger partial charge in [0.25, 0.3) is 0 Å². The zero-order valence-electron chi connectivity index (χ0n) is 10.0. The molecular formula is C12H17BrN2O2. The highest BCUT2D eigenvalue weighted by Gasteiger charge is 2.24. The molecule has 17 heavy (non-hydrogen) atoms. The largest absolute Gasteiger partial charge is 0.465 e. The molecule has 1 aromatic carbocycles. The van der Waals surface area contributed by atoms with Crippen LogP contribution in [0.1, 0.15) is 6.92 Å². The van der Waals surface area contributed by atoms with Crippen molar-refractivity contribution in [1.82, 2.24) is 0 Å². The quantitative estimate of drug-likeness (QED) is 0.800. The van der Waals surface area contributed by atoms with Crippen molar-refractivity contribution in [3.63, 3.8) is 0 Å². The Morgan fingerprint density at radius 2 is 2.00 bits per heavy atom. The molecule has 94 valence electrons. The number of hydrogen-bond acceptors (Lipinski definition) is 4. The molecule has 0 saturated carbocycles. The van der Waals surface area contributed by atoms with E-state index in [1.807, 2.05) is 37.1 Å². The summed E-state index contributed by atoms with van der Waals surface area (Å²) in [5.41, 5.74) is 2.25. The molecule has 0 N–H and O–H groups in total. The summed E-state index contributed by atoms with van der Waals surface area (Å²) in [6, 6.07) is 8.07. The Hall–Kier alpha value is -1.23. The van der Waals surface area contributed by atoms with Gasteiger partial charge in [-0.3, -0.25) is 4.79 Å². The molecule has 1 aliphatic rings. The molecular weight excluding hydrogens is 284 g/mol. The second-order valence-electron chi connectivity index (χ2n) is 3.83. The summed E-state index contributed by atoms with van der Waals surface area (Å²) >= 11 is 0. The van der Waals surface area contributed by atoms with Crippen LogP contribution in [0.2, 0.25) is 0 Å². The normalized spacial score (nSPS) is 13.1. The van der Waals surface area contributed by atoms with E-state index in [2.05, 4.69) is 11.0 Å². The SMILES string of the molecule is Br.CCOC(=O)CN1CN(C)c2ccccc21. The van der Waals surface area contributed by atoms with Crippen molar-refractivity contribution in [3.05, 3.63) is 24.3 Å². The number of carbonyl (C=O) groups is 1. The van der Waals surface area contributed by atoms with Gasteiger partial charge in [0.05, 0.1) is 24.7 Å². The summed E-state index contributed by atoms with van der Waals surface area (Å²) in [7, 11) is 2.02. The molecule has 0 bridgehead atoms. The average molecular weight is 301 g/mol. The topological polar surface area (TPSA) is 32.8 Å². The molecule has 0 amide bonds. The average Bonchev–Trinajstić information content (AvgIpc) is 2.57. The predicted octanol–water partition coefficient (Wildman–Crippen LogP) is 2.04. The van der Waals surface area contributed by atoms with Crippen LogP contribution in [0.3, 0.4) is 0 Å². The van der Waals surface area contributed by atoms with Gasteiger partial charge in [0, 0.05) is 7.05 Å². The maximum atomic E-state index is 11.4. The molecule has 0 atom stereocenters. The Morgan fingerprint density at radius 1 is 1.35 bits per heavy atom. The Kier molecular flexibility index (Phi) is 4.81. The van der Waals surface area contributed by atoms with Gasteiger partial charge in [-0.05, 0) is 19.1 Å². The van der Waals surface area contributed by atoms with E-state index in [0.717, 1.165) is 18.0 Å². The van der Waals surface area contributed by atoms with Crippen molar-refractivity contribution in [2.75, 3.05) is 36.7 Å². The van der Waals surface area contributed by atoms with E-state index in [0.29, 0.717) is 13.2 Å². The predicted molar refractivity (Wildman–Crippen MR) is 74.0 cm³/mol. The van der Waals surface area contributed by atoms with Crippen LogP contribution >= 0.6 is 17.0 Å². The Labute approximate surface area is 112 Å². The molecule has 0 spiro atoms. The second-order valence-corrected chi connectivity index (χ2v) is 3.83. The zero-order chi connectivity index (χ0) is 11.5.